The van der Waals surface area contributed by atoms with E-state index in [4.69, 9.17) is 4.74 Å². The summed E-state index contributed by atoms with van der Waals surface area (Å²) < 4.78 is 6.48. The SMILES string of the molecule is O=C(CCc1ccccc1Br)N(CCCN1CCOCC1)Cc1ccncc1. The first-order valence-electron chi connectivity index (χ1n) is 9.92. The van der Waals surface area contributed by atoms with Gasteiger partial charge in [0.25, 0.3) is 0 Å². The minimum absolute atomic E-state index is 0.203. The number of morpholine rings is 1. The molecular weight excluding hydrogens is 418 g/mol. The van der Waals surface area contributed by atoms with E-state index in [-0.39, 0.29) is 5.91 Å². The summed E-state index contributed by atoms with van der Waals surface area (Å²) in [5.74, 6) is 0.203. The minimum atomic E-state index is 0.203. The molecule has 2 heterocycles. The molecule has 6 heteroatoms. The van der Waals surface area contributed by atoms with Crippen LogP contribution >= 0.6 is 15.9 Å². The summed E-state index contributed by atoms with van der Waals surface area (Å²) in [6.07, 6.45) is 5.81. The average Bonchev–Trinajstić information content (AvgIpc) is 2.74. The molecule has 1 aromatic carbocycles. The number of pyridine rings is 1. The fourth-order valence-electron chi connectivity index (χ4n) is 3.41. The van der Waals surface area contributed by atoms with Crippen LogP contribution in [0.25, 0.3) is 0 Å². The Labute approximate surface area is 175 Å². The summed E-state index contributed by atoms with van der Waals surface area (Å²) in [6.45, 7) is 6.01. The van der Waals surface area contributed by atoms with E-state index in [0.717, 1.165) is 62.3 Å². The molecule has 0 atom stereocenters. The van der Waals surface area contributed by atoms with E-state index >= 15 is 0 Å². The molecular formula is C22H28BrN3O2. The Balaban J connectivity index is 1.56. The molecule has 0 bridgehead atoms. The molecule has 1 aromatic heterocycles. The van der Waals surface area contributed by atoms with Crippen molar-refractivity contribution in [2.75, 3.05) is 39.4 Å². The normalized spacial score (nSPS) is 14.8. The molecule has 0 spiro atoms. The van der Waals surface area contributed by atoms with Gasteiger partial charge >= 0.3 is 0 Å². The van der Waals surface area contributed by atoms with E-state index < -0.39 is 0 Å². The zero-order valence-electron chi connectivity index (χ0n) is 16.2. The number of aromatic nitrogens is 1. The molecule has 3 rings (SSSR count). The quantitative estimate of drug-likeness (QED) is 0.592. The summed E-state index contributed by atoms with van der Waals surface area (Å²) in [5.41, 5.74) is 2.30. The Kier molecular flexibility index (Phi) is 8.45. The van der Waals surface area contributed by atoms with Crippen molar-refractivity contribution in [1.29, 1.82) is 0 Å². The molecule has 0 N–H and O–H groups in total. The molecule has 2 aromatic rings. The van der Waals surface area contributed by atoms with Crippen molar-refractivity contribution >= 4 is 21.8 Å². The van der Waals surface area contributed by atoms with Gasteiger partial charge in [0.2, 0.25) is 5.91 Å². The lowest BCUT2D eigenvalue weighted by molar-refractivity contribution is -0.132. The first-order valence-corrected chi connectivity index (χ1v) is 10.7. The first kappa shape index (κ1) is 21.0. The van der Waals surface area contributed by atoms with Crippen LogP contribution in [-0.4, -0.2) is 60.1 Å². The van der Waals surface area contributed by atoms with E-state index in [1.807, 2.05) is 35.2 Å². The molecule has 28 heavy (non-hydrogen) atoms. The van der Waals surface area contributed by atoms with Crippen molar-refractivity contribution in [2.24, 2.45) is 0 Å². The number of carbonyl (C=O) groups is 1. The van der Waals surface area contributed by atoms with Crippen molar-refractivity contribution in [1.82, 2.24) is 14.8 Å². The second-order valence-electron chi connectivity index (χ2n) is 7.07. The molecule has 150 valence electrons. The Hall–Kier alpha value is -1.76. The third-order valence-electron chi connectivity index (χ3n) is 5.05. The number of benzene rings is 1. The van der Waals surface area contributed by atoms with Crippen LogP contribution in [0.2, 0.25) is 0 Å². The van der Waals surface area contributed by atoms with Crippen LogP contribution in [0.3, 0.4) is 0 Å². The monoisotopic (exact) mass is 445 g/mol. The van der Waals surface area contributed by atoms with Crippen molar-refractivity contribution in [3.8, 4) is 0 Å². The Bertz CT molecular complexity index is 736. The number of rotatable bonds is 9. The number of carbonyl (C=O) groups excluding carboxylic acids is 1. The van der Waals surface area contributed by atoms with Gasteiger partial charge < -0.3 is 9.64 Å². The van der Waals surface area contributed by atoms with Crippen molar-refractivity contribution in [2.45, 2.75) is 25.8 Å². The van der Waals surface area contributed by atoms with Gasteiger partial charge in [-0.2, -0.15) is 0 Å². The van der Waals surface area contributed by atoms with E-state index in [0.29, 0.717) is 13.0 Å². The number of halogens is 1. The number of hydrogen-bond donors (Lipinski definition) is 0. The van der Waals surface area contributed by atoms with Crippen LogP contribution in [0.1, 0.15) is 24.0 Å². The Morgan fingerprint density at radius 1 is 1.14 bits per heavy atom. The van der Waals surface area contributed by atoms with Crippen LogP contribution < -0.4 is 0 Å². The molecule has 0 unspecified atom stereocenters. The largest absolute Gasteiger partial charge is 0.379 e. The molecule has 1 amide bonds. The summed E-state index contributed by atoms with van der Waals surface area (Å²) in [6, 6.07) is 12.1. The molecule has 1 aliphatic rings. The molecule has 0 aliphatic carbocycles. The molecule has 0 radical (unpaired) electrons. The molecule has 1 saturated heterocycles. The van der Waals surface area contributed by atoms with E-state index in [1.54, 1.807) is 12.4 Å². The Morgan fingerprint density at radius 2 is 1.89 bits per heavy atom. The van der Waals surface area contributed by atoms with Gasteiger partial charge in [0.05, 0.1) is 13.2 Å². The van der Waals surface area contributed by atoms with Crippen molar-refractivity contribution < 1.29 is 9.53 Å². The first-order chi connectivity index (χ1) is 13.7. The van der Waals surface area contributed by atoms with Gasteiger partial charge in [0, 0.05) is 56.0 Å². The van der Waals surface area contributed by atoms with Crippen molar-refractivity contribution in [3.05, 3.63) is 64.4 Å². The summed E-state index contributed by atoms with van der Waals surface area (Å²) >= 11 is 3.58. The zero-order valence-corrected chi connectivity index (χ0v) is 17.8. The molecule has 1 aliphatic heterocycles. The molecule has 1 fully saturated rings. The van der Waals surface area contributed by atoms with Gasteiger partial charge in [-0.3, -0.25) is 14.7 Å². The number of ether oxygens (including phenoxy) is 1. The lowest BCUT2D eigenvalue weighted by Crippen LogP contribution is -2.39. The highest BCUT2D eigenvalue weighted by atomic mass is 79.9. The predicted molar refractivity (Wildman–Crippen MR) is 114 cm³/mol. The summed E-state index contributed by atoms with van der Waals surface area (Å²) in [4.78, 5) is 21.5. The van der Waals surface area contributed by atoms with Gasteiger partial charge in [-0.05, 0) is 42.2 Å². The van der Waals surface area contributed by atoms with Gasteiger partial charge in [0.15, 0.2) is 0 Å². The van der Waals surface area contributed by atoms with Crippen LogP contribution in [0.4, 0.5) is 0 Å². The number of nitrogens with zero attached hydrogens (tertiary/aromatic N) is 3. The van der Waals surface area contributed by atoms with Gasteiger partial charge in [-0.15, -0.1) is 0 Å². The third-order valence-corrected chi connectivity index (χ3v) is 5.82. The summed E-state index contributed by atoms with van der Waals surface area (Å²) in [7, 11) is 0. The Morgan fingerprint density at radius 3 is 2.64 bits per heavy atom. The maximum absolute atomic E-state index is 13.0. The topological polar surface area (TPSA) is 45.7 Å². The second kappa shape index (κ2) is 11.3. The van der Waals surface area contributed by atoms with Gasteiger partial charge in [-0.25, -0.2) is 0 Å². The lowest BCUT2D eigenvalue weighted by Gasteiger charge is -2.28. The minimum Gasteiger partial charge on any atom is -0.379 e. The molecule has 0 saturated carbocycles. The van der Waals surface area contributed by atoms with E-state index in [1.165, 1.54) is 5.56 Å². The second-order valence-corrected chi connectivity index (χ2v) is 7.92. The number of hydrogen-bond acceptors (Lipinski definition) is 4. The highest BCUT2D eigenvalue weighted by molar-refractivity contribution is 9.10. The maximum atomic E-state index is 13.0. The van der Waals surface area contributed by atoms with E-state index in [9.17, 15) is 4.79 Å². The standard InChI is InChI=1S/C22H28BrN3O2/c23-21-5-2-1-4-20(21)6-7-22(27)26(18-19-8-10-24-11-9-19)13-3-12-25-14-16-28-17-15-25/h1-2,4-5,8-11H,3,6-7,12-18H2. The zero-order chi connectivity index (χ0) is 19.6. The van der Waals surface area contributed by atoms with Crippen molar-refractivity contribution in [3.63, 3.8) is 0 Å². The number of aryl methyl sites for hydroxylation is 1. The van der Waals surface area contributed by atoms with Crippen LogP contribution in [0, 0.1) is 0 Å². The lowest BCUT2D eigenvalue weighted by atomic mass is 10.1. The van der Waals surface area contributed by atoms with Gasteiger partial charge in [0.1, 0.15) is 0 Å². The van der Waals surface area contributed by atoms with Crippen LogP contribution in [0.5, 0.6) is 0 Å². The highest BCUT2D eigenvalue weighted by Gasteiger charge is 2.16. The van der Waals surface area contributed by atoms with Crippen LogP contribution in [-0.2, 0) is 22.5 Å². The smallest absolute Gasteiger partial charge is 0.223 e. The van der Waals surface area contributed by atoms with Gasteiger partial charge in [-0.1, -0.05) is 34.1 Å². The summed E-state index contributed by atoms with van der Waals surface area (Å²) in [5, 5.41) is 0. The fraction of sp³-hybridized carbons (Fsp3) is 0.455. The maximum Gasteiger partial charge on any atom is 0.223 e. The fourth-order valence-corrected chi connectivity index (χ4v) is 3.89. The average molecular weight is 446 g/mol. The van der Waals surface area contributed by atoms with E-state index in [2.05, 4.69) is 31.9 Å². The number of amides is 1. The molecule has 5 nitrogen and oxygen atoms in total. The highest BCUT2D eigenvalue weighted by Crippen LogP contribution is 2.18. The third kappa shape index (κ3) is 6.69. The predicted octanol–water partition coefficient (Wildman–Crippen LogP) is 3.53. The van der Waals surface area contributed by atoms with Crippen LogP contribution in [0.15, 0.2) is 53.3 Å².